The molecule has 0 aliphatic carbocycles. The Labute approximate surface area is 412 Å². The van der Waals surface area contributed by atoms with Gasteiger partial charge in [0.25, 0.3) is 0 Å². The van der Waals surface area contributed by atoms with Crippen LogP contribution in [0.1, 0.15) is 226 Å². The molecule has 6 nitrogen and oxygen atoms in total. The summed E-state index contributed by atoms with van der Waals surface area (Å²) in [6.07, 6.45) is 73.9. The van der Waals surface area contributed by atoms with Crippen LogP contribution in [0.5, 0.6) is 0 Å². The lowest BCUT2D eigenvalue weighted by atomic mass is 10.0. The fraction of sp³-hybridized carbons (Fsp3) is 0.639. The van der Waals surface area contributed by atoms with Gasteiger partial charge in [-0.15, -0.1) is 0 Å². The largest absolute Gasteiger partial charge is 0.462 e. The van der Waals surface area contributed by atoms with Crippen molar-refractivity contribution in [3.05, 3.63) is 122 Å². The van der Waals surface area contributed by atoms with Crippen LogP contribution in [0, 0.1) is 0 Å². The topological polar surface area (TPSA) is 95.9 Å². The lowest BCUT2D eigenvalue weighted by molar-refractivity contribution is -0.151. The monoisotopic (exact) mass is 928 g/mol. The predicted octanol–water partition coefficient (Wildman–Crippen LogP) is 16.8. The van der Waals surface area contributed by atoms with Gasteiger partial charge in [-0.05, 0) is 89.9 Å². The maximum Gasteiger partial charge on any atom is 0.306 e. The van der Waals surface area contributed by atoms with Crippen LogP contribution in [-0.4, -0.2) is 46.9 Å². The molecule has 0 bridgehead atoms. The molecule has 0 radical (unpaired) electrons. The number of ether oxygens (including phenoxy) is 1. The number of hydrogen-bond donors (Lipinski definition) is 3. The van der Waals surface area contributed by atoms with Gasteiger partial charge in [-0.1, -0.05) is 245 Å². The quantitative estimate of drug-likeness (QED) is 0.0245. The second kappa shape index (κ2) is 53.2. The highest BCUT2D eigenvalue weighted by Gasteiger charge is 2.24. The summed E-state index contributed by atoms with van der Waals surface area (Å²) in [6.45, 7) is 6.26. The van der Waals surface area contributed by atoms with Crippen molar-refractivity contribution in [1.82, 2.24) is 5.32 Å². The minimum absolute atomic E-state index is 0.0280. The van der Waals surface area contributed by atoms with Gasteiger partial charge in [-0.3, -0.25) is 9.59 Å². The number of rotatable bonds is 47. The molecule has 0 heterocycles. The van der Waals surface area contributed by atoms with E-state index in [1.54, 1.807) is 0 Å². The molecule has 0 aliphatic rings. The highest BCUT2D eigenvalue weighted by Crippen LogP contribution is 2.17. The summed E-state index contributed by atoms with van der Waals surface area (Å²) in [5.74, 6) is -0.563. The van der Waals surface area contributed by atoms with E-state index in [0.717, 1.165) is 116 Å². The van der Waals surface area contributed by atoms with Crippen molar-refractivity contribution in [3.8, 4) is 0 Å². The third-order valence-corrected chi connectivity index (χ3v) is 11.6. The van der Waals surface area contributed by atoms with Gasteiger partial charge in [0, 0.05) is 6.42 Å². The van der Waals surface area contributed by atoms with Crippen molar-refractivity contribution in [2.24, 2.45) is 0 Å². The number of aliphatic hydroxyl groups excluding tert-OH is 2. The number of nitrogens with one attached hydrogen (secondary N) is 1. The van der Waals surface area contributed by atoms with Crippen molar-refractivity contribution < 1.29 is 24.5 Å². The van der Waals surface area contributed by atoms with E-state index in [1.165, 1.54) is 64.2 Å². The van der Waals surface area contributed by atoms with E-state index in [2.05, 4.69) is 111 Å². The molecule has 3 unspecified atom stereocenters. The Morgan fingerprint density at radius 2 is 0.896 bits per heavy atom. The molecule has 1 amide bonds. The lowest BCUT2D eigenvalue weighted by Gasteiger charge is -2.24. The molecule has 0 aromatic rings. The molecule has 0 aromatic carbocycles. The van der Waals surface area contributed by atoms with Gasteiger partial charge in [0.15, 0.2) is 0 Å². The third kappa shape index (κ3) is 48.5. The normalized spacial score (nSPS) is 14.2. The molecule has 0 spiro atoms. The summed E-state index contributed by atoms with van der Waals surface area (Å²) in [6, 6.07) is -0.732. The van der Waals surface area contributed by atoms with Crippen LogP contribution in [0.25, 0.3) is 0 Å². The second-order valence-electron chi connectivity index (χ2n) is 18.0. The Morgan fingerprint density at radius 1 is 0.463 bits per heavy atom. The first-order valence-electron chi connectivity index (χ1n) is 27.3. The second-order valence-corrected chi connectivity index (χ2v) is 18.0. The van der Waals surface area contributed by atoms with E-state index in [0.29, 0.717) is 19.3 Å². The van der Waals surface area contributed by atoms with Gasteiger partial charge >= 0.3 is 5.97 Å². The van der Waals surface area contributed by atoms with E-state index in [-0.39, 0.29) is 24.9 Å². The number of esters is 1. The van der Waals surface area contributed by atoms with Crippen LogP contribution in [0.3, 0.4) is 0 Å². The Hall–Kier alpha value is -3.74. The minimum atomic E-state index is -0.814. The van der Waals surface area contributed by atoms with E-state index in [1.807, 2.05) is 36.5 Å². The van der Waals surface area contributed by atoms with Gasteiger partial charge < -0.3 is 20.3 Å². The van der Waals surface area contributed by atoms with Gasteiger partial charge in [0.1, 0.15) is 6.10 Å². The standard InChI is InChI=1S/C61H101NO5/c1-4-7-10-13-16-19-22-25-27-29-30-31-33-36-39-42-45-48-51-54-61(66)67-57(52-49-46-43-40-37-35-32-28-26-23-20-17-14-11-8-5-2)55-60(65)62-58(56-63)59(64)53-50-47-44-41-38-34-24-21-18-15-12-9-6-3/h7,10-11,14,16-17,19-20,23,25-28,30-32,35-37,39,57-59,63-64H,4-6,8-9,12-13,15,18,21-22,24,29,33-34,38,40-56H2,1-3H3,(H,62,65)/b10-7-,14-11+,19-16-,20-17+,26-23+,27-25-,31-30-,32-28+,37-35+,39-36-. The molecule has 0 saturated carbocycles. The van der Waals surface area contributed by atoms with Gasteiger partial charge in [0.05, 0.1) is 25.2 Å². The SMILES string of the molecule is CC/C=C\C/C=C\C/C=C\C/C=C\C/C=C\CCCCCC(=O)OC(CCCCC/C=C/C=C/C=C/C=C/C=C/CCC)CC(=O)NC(CO)C(O)CCCCCCCCCCCCCCC. The first kappa shape index (κ1) is 63.3. The minimum Gasteiger partial charge on any atom is -0.462 e. The fourth-order valence-electron chi connectivity index (χ4n) is 7.54. The summed E-state index contributed by atoms with van der Waals surface area (Å²) in [4.78, 5) is 26.2. The number of hydrogen-bond acceptors (Lipinski definition) is 5. The fourth-order valence-corrected chi connectivity index (χ4v) is 7.54. The number of aliphatic hydroxyl groups is 2. The molecular weight excluding hydrogens is 827 g/mol. The highest BCUT2D eigenvalue weighted by atomic mass is 16.5. The van der Waals surface area contributed by atoms with E-state index >= 15 is 0 Å². The van der Waals surface area contributed by atoms with Crippen LogP contribution in [0.2, 0.25) is 0 Å². The van der Waals surface area contributed by atoms with Gasteiger partial charge in [0.2, 0.25) is 5.91 Å². The van der Waals surface area contributed by atoms with Crippen molar-refractivity contribution in [3.63, 3.8) is 0 Å². The molecule has 6 heteroatoms. The summed E-state index contributed by atoms with van der Waals surface area (Å²) in [5.41, 5.74) is 0. The number of amides is 1. The van der Waals surface area contributed by atoms with Crippen LogP contribution in [0.15, 0.2) is 122 Å². The number of carbonyl (C=O) groups excluding carboxylic acids is 2. The average molecular weight is 928 g/mol. The molecule has 380 valence electrons. The zero-order chi connectivity index (χ0) is 48.8. The average Bonchev–Trinajstić information content (AvgIpc) is 3.32. The van der Waals surface area contributed by atoms with E-state index < -0.39 is 18.2 Å². The Morgan fingerprint density at radius 3 is 1.42 bits per heavy atom. The third-order valence-electron chi connectivity index (χ3n) is 11.6. The number of carbonyl (C=O) groups is 2. The van der Waals surface area contributed by atoms with Crippen molar-refractivity contribution >= 4 is 11.9 Å². The van der Waals surface area contributed by atoms with Crippen LogP contribution >= 0.6 is 0 Å². The van der Waals surface area contributed by atoms with Crippen molar-refractivity contribution in [1.29, 1.82) is 0 Å². The Kier molecular flexibility index (Phi) is 50.2. The zero-order valence-electron chi connectivity index (χ0n) is 43.2. The summed E-state index contributed by atoms with van der Waals surface area (Å²) < 4.78 is 5.92. The molecular formula is C61H101NO5. The molecule has 3 N–H and O–H groups in total. The molecule has 67 heavy (non-hydrogen) atoms. The molecule has 3 atom stereocenters. The summed E-state index contributed by atoms with van der Waals surface area (Å²) in [5, 5.41) is 23.8. The van der Waals surface area contributed by atoms with Crippen molar-refractivity contribution in [2.75, 3.05) is 6.61 Å². The van der Waals surface area contributed by atoms with E-state index in [9.17, 15) is 19.8 Å². The van der Waals surface area contributed by atoms with Crippen LogP contribution in [-0.2, 0) is 14.3 Å². The Balaban J connectivity index is 4.76. The first-order valence-corrected chi connectivity index (χ1v) is 27.3. The summed E-state index contributed by atoms with van der Waals surface area (Å²) in [7, 11) is 0. The molecule has 0 rings (SSSR count). The smallest absolute Gasteiger partial charge is 0.306 e. The molecule has 0 saturated heterocycles. The Bertz CT molecular complexity index is 1410. The molecule has 0 fully saturated rings. The molecule has 0 aliphatic heterocycles. The first-order chi connectivity index (χ1) is 33.0. The van der Waals surface area contributed by atoms with Crippen LogP contribution < -0.4 is 5.32 Å². The number of allylic oxidation sites excluding steroid dienone is 20. The lowest BCUT2D eigenvalue weighted by Crippen LogP contribution is -2.46. The zero-order valence-corrected chi connectivity index (χ0v) is 43.2. The van der Waals surface area contributed by atoms with Crippen molar-refractivity contribution in [2.45, 2.75) is 244 Å². The van der Waals surface area contributed by atoms with Gasteiger partial charge in [-0.25, -0.2) is 0 Å². The maximum atomic E-state index is 13.2. The molecule has 0 aromatic heterocycles. The predicted molar refractivity (Wildman–Crippen MR) is 291 cm³/mol. The van der Waals surface area contributed by atoms with E-state index in [4.69, 9.17) is 4.74 Å². The van der Waals surface area contributed by atoms with Crippen LogP contribution in [0.4, 0.5) is 0 Å². The van der Waals surface area contributed by atoms with Gasteiger partial charge in [-0.2, -0.15) is 0 Å². The maximum absolute atomic E-state index is 13.2. The summed E-state index contributed by atoms with van der Waals surface area (Å²) >= 11 is 0. The number of unbranched alkanes of at least 4 members (excludes halogenated alkanes) is 19. The highest BCUT2D eigenvalue weighted by molar-refractivity contribution is 5.77.